The van der Waals surface area contributed by atoms with E-state index >= 15 is 0 Å². The van der Waals surface area contributed by atoms with Gasteiger partial charge in [-0.05, 0) is 30.7 Å². The largest absolute Gasteiger partial charge is 0.360 e. The van der Waals surface area contributed by atoms with E-state index in [4.69, 9.17) is 0 Å². The summed E-state index contributed by atoms with van der Waals surface area (Å²) < 4.78 is 1.31. The Morgan fingerprint density at radius 3 is 2.48 bits per heavy atom. The van der Waals surface area contributed by atoms with Gasteiger partial charge in [0.15, 0.2) is 5.69 Å². The molecule has 1 amide bonds. The smallest absolute Gasteiger partial charge is 0.292 e. The van der Waals surface area contributed by atoms with Crippen LogP contribution in [-0.4, -0.2) is 26.4 Å². The first-order chi connectivity index (χ1) is 14.1. The molecule has 4 rings (SSSR count). The second-order valence-electron chi connectivity index (χ2n) is 6.56. The number of fused-ring (bicyclic) bond motifs is 1. The lowest BCUT2D eigenvalue weighted by atomic mass is 10.1. The molecule has 0 fully saturated rings. The number of aromatic amines is 1. The average molecular weight is 385 g/mol. The van der Waals surface area contributed by atoms with Gasteiger partial charge in [-0.3, -0.25) is 9.59 Å². The van der Waals surface area contributed by atoms with Crippen LogP contribution in [0.5, 0.6) is 0 Å². The number of carbonyl (C=O) groups excluding carboxylic acids is 1. The summed E-state index contributed by atoms with van der Waals surface area (Å²) >= 11 is 0. The zero-order chi connectivity index (χ0) is 20.2. The van der Waals surface area contributed by atoms with E-state index in [9.17, 15) is 9.59 Å². The Hall–Kier alpha value is -4.00. The summed E-state index contributed by atoms with van der Waals surface area (Å²) in [5, 5.41) is 9.43. The number of hydrogen-bond donors (Lipinski definition) is 2. The fourth-order valence-corrected chi connectivity index (χ4v) is 3.07. The Morgan fingerprint density at radius 2 is 1.76 bits per heavy atom. The van der Waals surface area contributed by atoms with E-state index in [2.05, 4.69) is 20.6 Å². The van der Waals surface area contributed by atoms with Crippen LogP contribution in [0.2, 0.25) is 0 Å². The number of benzene rings is 2. The highest BCUT2D eigenvalue weighted by atomic mass is 16.2. The molecule has 0 saturated carbocycles. The van der Waals surface area contributed by atoms with Crippen LogP contribution in [0.15, 0.2) is 82.8 Å². The molecule has 2 heterocycles. The van der Waals surface area contributed by atoms with E-state index in [1.54, 1.807) is 37.4 Å². The first-order valence-corrected chi connectivity index (χ1v) is 9.15. The second-order valence-corrected chi connectivity index (χ2v) is 6.56. The van der Waals surface area contributed by atoms with Crippen molar-refractivity contribution in [2.24, 2.45) is 5.10 Å². The van der Waals surface area contributed by atoms with Crippen molar-refractivity contribution in [1.29, 1.82) is 0 Å². The van der Waals surface area contributed by atoms with Crippen LogP contribution in [0.1, 0.15) is 28.7 Å². The van der Waals surface area contributed by atoms with Crippen molar-refractivity contribution in [1.82, 2.24) is 20.2 Å². The number of amides is 1. The number of nitrogens with one attached hydrogen (secondary N) is 2. The highest BCUT2D eigenvalue weighted by molar-refractivity contribution is 6.05. The van der Waals surface area contributed by atoms with Crippen molar-refractivity contribution in [3.05, 3.63) is 100 Å². The van der Waals surface area contributed by atoms with E-state index in [0.29, 0.717) is 16.5 Å². The lowest BCUT2D eigenvalue weighted by molar-refractivity contribution is 0.0949. The first-order valence-electron chi connectivity index (χ1n) is 9.15. The SMILES string of the molecule is CC(=NNC(=O)c1nn(Cc2ccccc2)c(=O)c2ccccc12)c1ccc[nH]1. The Balaban J connectivity index is 1.73. The van der Waals surface area contributed by atoms with Crippen LogP contribution >= 0.6 is 0 Å². The maximum Gasteiger partial charge on any atom is 0.292 e. The number of carbonyl (C=O) groups is 1. The van der Waals surface area contributed by atoms with E-state index in [0.717, 1.165) is 11.3 Å². The first kappa shape index (κ1) is 18.4. The third-order valence-corrected chi connectivity index (χ3v) is 4.57. The van der Waals surface area contributed by atoms with Gasteiger partial charge < -0.3 is 4.98 Å². The summed E-state index contributed by atoms with van der Waals surface area (Å²) in [5.74, 6) is -0.478. The molecule has 4 aromatic rings. The summed E-state index contributed by atoms with van der Waals surface area (Å²) in [6.07, 6.45) is 1.78. The van der Waals surface area contributed by atoms with Gasteiger partial charge in [-0.1, -0.05) is 48.5 Å². The van der Waals surface area contributed by atoms with E-state index in [1.165, 1.54) is 4.68 Å². The van der Waals surface area contributed by atoms with Crippen LogP contribution in [0.3, 0.4) is 0 Å². The molecule has 0 spiro atoms. The van der Waals surface area contributed by atoms with Gasteiger partial charge in [0, 0.05) is 11.6 Å². The Bertz CT molecular complexity index is 1240. The van der Waals surface area contributed by atoms with Crippen molar-refractivity contribution in [3.8, 4) is 0 Å². The zero-order valence-corrected chi connectivity index (χ0v) is 15.8. The lowest BCUT2D eigenvalue weighted by Gasteiger charge is -2.10. The number of rotatable bonds is 5. The average Bonchev–Trinajstić information content (AvgIpc) is 3.30. The fourth-order valence-electron chi connectivity index (χ4n) is 3.07. The standard InChI is InChI=1S/C22H19N5O2/c1-15(19-12-7-13-23-19)24-25-21(28)20-17-10-5-6-11-18(17)22(29)27(26-20)14-16-8-3-2-4-9-16/h2-13,23H,14H2,1H3,(H,25,28). The third kappa shape index (κ3) is 3.84. The Labute approximate surface area is 166 Å². The summed E-state index contributed by atoms with van der Waals surface area (Å²) in [7, 11) is 0. The molecule has 0 aliphatic rings. The predicted molar refractivity (Wildman–Crippen MR) is 112 cm³/mol. The normalized spacial score (nSPS) is 11.6. The molecule has 2 aromatic carbocycles. The molecule has 0 atom stereocenters. The fraction of sp³-hybridized carbons (Fsp3) is 0.0909. The van der Waals surface area contributed by atoms with Gasteiger partial charge in [0.1, 0.15) is 0 Å². The van der Waals surface area contributed by atoms with Crippen molar-refractivity contribution < 1.29 is 4.79 Å². The molecule has 144 valence electrons. The molecule has 0 aliphatic heterocycles. The number of aromatic nitrogens is 3. The number of H-pyrrole nitrogens is 1. The van der Waals surface area contributed by atoms with Gasteiger partial charge in [0.2, 0.25) is 0 Å². The van der Waals surface area contributed by atoms with Crippen molar-refractivity contribution in [3.63, 3.8) is 0 Å². The van der Waals surface area contributed by atoms with Crippen LogP contribution in [-0.2, 0) is 6.54 Å². The Kier molecular flexibility index (Phi) is 5.03. The molecule has 0 radical (unpaired) electrons. The molecule has 29 heavy (non-hydrogen) atoms. The lowest BCUT2D eigenvalue weighted by Crippen LogP contribution is -2.29. The van der Waals surface area contributed by atoms with Crippen LogP contribution in [0.25, 0.3) is 10.8 Å². The summed E-state index contributed by atoms with van der Waals surface area (Å²) in [5.41, 5.74) is 4.80. The molecule has 0 bridgehead atoms. The molecule has 7 nitrogen and oxygen atoms in total. The van der Waals surface area contributed by atoms with Crippen LogP contribution in [0.4, 0.5) is 0 Å². The quantitative estimate of drug-likeness (QED) is 0.409. The van der Waals surface area contributed by atoms with E-state index in [1.807, 2.05) is 42.5 Å². The number of nitrogens with zero attached hydrogens (tertiary/aromatic N) is 3. The van der Waals surface area contributed by atoms with Gasteiger partial charge in [0.25, 0.3) is 11.5 Å². The van der Waals surface area contributed by atoms with E-state index in [-0.39, 0.29) is 17.8 Å². The molecule has 2 aromatic heterocycles. The summed E-state index contributed by atoms with van der Waals surface area (Å²) in [6, 6.07) is 20.2. The topological polar surface area (TPSA) is 92.1 Å². The second kappa shape index (κ2) is 7.93. The highest BCUT2D eigenvalue weighted by Gasteiger charge is 2.16. The molecule has 0 saturated heterocycles. The monoisotopic (exact) mass is 385 g/mol. The maximum atomic E-state index is 12.9. The van der Waals surface area contributed by atoms with Crippen molar-refractivity contribution in [2.75, 3.05) is 0 Å². The summed E-state index contributed by atoms with van der Waals surface area (Å²) in [4.78, 5) is 28.7. The predicted octanol–water partition coefficient (Wildman–Crippen LogP) is 2.93. The molecule has 0 aliphatic carbocycles. The van der Waals surface area contributed by atoms with E-state index < -0.39 is 5.91 Å². The van der Waals surface area contributed by atoms with Crippen LogP contribution < -0.4 is 11.0 Å². The van der Waals surface area contributed by atoms with Crippen LogP contribution in [0, 0.1) is 0 Å². The molecule has 2 N–H and O–H groups in total. The van der Waals surface area contributed by atoms with Crippen molar-refractivity contribution in [2.45, 2.75) is 13.5 Å². The highest BCUT2D eigenvalue weighted by Crippen LogP contribution is 2.14. The van der Waals surface area contributed by atoms with Crippen molar-refractivity contribution >= 4 is 22.4 Å². The molecular weight excluding hydrogens is 366 g/mol. The third-order valence-electron chi connectivity index (χ3n) is 4.57. The van der Waals surface area contributed by atoms with Gasteiger partial charge in [0.05, 0.1) is 23.3 Å². The number of hydrogen-bond acceptors (Lipinski definition) is 4. The van der Waals surface area contributed by atoms with Gasteiger partial charge >= 0.3 is 0 Å². The minimum Gasteiger partial charge on any atom is -0.360 e. The minimum absolute atomic E-state index is 0.152. The maximum absolute atomic E-state index is 12.9. The molecule has 0 unspecified atom stereocenters. The zero-order valence-electron chi connectivity index (χ0n) is 15.8. The van der Waals surface area contributed by atoms with Gasteiger partial charge in [-0.2, -0.15) is 10.2 Å². The molecular formula is C22H19N5O2. The summed E-state index contributed by atoms with van der Waals surface area (Å²) in [6.45, 7) is 2.06. The molecule has 7 heteroatoms. The number of hydrazone groups is 1. The Morgan fingerprint density at radius 1 is 1.03 bits per heavy atom. The minimum atomic E-state index is -0.478. The van der Waals surface area contributed by atoms with Gasteiger partial charge in [-0.25, -0.2) is 10.1 Å². The van der Waals surface area contributed by atoms with Gasteiger partial charge in [-0.15, -0.1) is 0 Å².